The number of morpholine rings is 1. The van der Waals surface area contributed by atoms with Crippen LogP contribution in [0.15, 0.2) is 78.6 Å². The molecule has 3 aromatic rings. The molecule has 0 radical (unpaired) electrons. The molecule has 0 aliphatic carbocycles. The quantitative estimate of drug-likeness (QED) is 0.294. The van der Waals surface area contributed by atoms with Gasteiger partial charge in [0.2, 0.25) is 0 Å². The summed E-state index contributed by atoms with van der Waals surface area (Å²) in [6.07, 6.45) is 0.131. The van der Waals surface area contributed by atoms with Gasteiger partial charge in [-0.3, -0.25) is 19.2 Å². The fourth-order valence-electron chi connectivity index (χ4n) is 4.34. The second-order valence-corrected chi connectivity index (χ2v) is 10.6. The number of carbonyl (C=O) groups is 2. The molecule has 3 heterocycles. The summed E-state index contributed by atoms with van der Waals surface area (Å²) in [5.74, 6) is -0.458. The average molecular weight is 538 g/mol. The highest BCUT2D eigenvalue weighted by Gasteiger charge is 2.44. The van der Waals surface area contributed by atoms with Crippen molar-refractivity contribution in [3.63, 3.8) is 0 Å². The van der Waals surface area contributed by atoms with Crippen LogP contribution in [-0.2, 0) is 16.1 Å². The second kappa shape index (κ2) is 10.7. The topological polar surface area (TPSA) is 147 Å². The largest absolute Gasteiger partial charge is 0.465 e. The minimum absolute atomic E-state index is 0.0763. The van der Waals surface area contributed by atoms with Gasteiger partial charge in [0.25, 0.3) is 5.91 Å². The normalized spacial score (nSPS) is 17.9. The zero-order valence-corrected chi connectivity index (χ0v) is 21.1. The van der Waals surface area contributed by atoms with Gasteiger partial charge in [-0.15, -0.1) is 0 Å². The number of rotatable bonds is 7. The number of nitrogens with zero attached hydrogens (tertiary/aromatic N) is 3. The molecular formula is C26H27N5O6S. The minimum Gasteiger partial charge on any atom is -0.465 e. The van der Waals surface area contributed by atoms with Crippen LogP contribution >= 0.6 is 10.8 Å². The maximum Gasteiger partial charge on any atom is 0.410 e. The molecule has 2 amide bonds. The first-order valence-electron chi connectivity index (χ1n) is 11.9. The molecule has 11 nitrogen and oxygen atoms in total. The number of amides is 2. The number of nitrogens with one attached hydrogen (secondary N) is 2. The van der Waals surface area contributed by atoms with Gasteiger partial charge < -0.3 is 20.1 Å². The van der Waals surface area contributed by atoms with E-state index in [4.69, 9.17) is 9.84 Å². The van der Waals surface area contributed by atoms with E-state index in [1.165, 1.54) is 12.3 Å². The fraction of sp³-hybridized carbons (Fsp3) is 0.192. The van der Waals surface area contributed by atoms with E-state index in [1.54, 1.807) is 36.4 Å². The SMILES string of the molecule is O=C(O)Nc1ccc(CN2C(=O)C(Nc3ccc(N4CCOCC4)cc3)=C(c3ccccc3)S2(O)O)cn1. The van der Waals surface area contributed by atoms with Crippen molar-refractivity contribution in [2.24, 2.45) is 0 Å². The van der Waals surface area contributed by atoms with E-state index in [0.29, 0.717) is 30.0 Å². The zero-order valence-electron chi connectivity index (χ0n) is 20.3. The maximum atomic E-state index is 13.6. The second-order valence-electron chi connectivity index (χ2n) is 8.68. The van der Waals surface area contributed by atoms with Gasteiger partial charge in [-0.25, -0.2) is 14.1 Å². The predicted molar refractivity (Wildman–Crippen MR) is 146 cm³/mol. The number of hydrogen-bond donors (Lipinski definition) is 5. The summed E-state index contributed by atoms with van der Waals surface area (Å²) < 4.78 is 29.1. The van der Waals surface area contributed by atoms with Crippen molar-refractivity contribution in [3.05, 3.63) is 89.8 Å². The van der Waals surface area contributed by atoms with Gasteiger partial charge >= 0.3 is 6.09 Å². The standard InChI is InChI=1S/C26H27N5O6S/c32-25-23(28-20-7-9-21(10-8-20)30-12-14-37-15-13-30)24(19-4-2-1-3-5-19)38(35,36)31(25)17-18-6-11-22(27-16-18)29-26(33)34/h1-11,16,28,35-36H,12-15,17H2,(H,27,29)(H,33,34). The minimum atomic E-state index is -3.71. The molecule has 2 aromatic carbocycles. The Hall–Kier alpha value is -4.10. The number of ether oxygens (including phenoxy) is 1. The Morgan fingerprint density at radius 3 is 2.34 bits per heavy atom. The lowest BCUT2D eigenvalue weighted by molar-refractivity contribution is -0.122. The molecule has 0 saturated carbocycles. The fourth-order valence-corrected chi connectivity index (χ4v) is 6.07. The number of aromatic nitrogens is 1. The van der Waals surface area contributed by atoms with Gasteiger partial charge in [0.05, 0.1) is 19.8 Å². The summed E-state index contributed by atoms with van der Waals surface area (Å²) in [6.45, 7) is 2.80. The van der Waals surface area contributed by atoms with E-state index in [0.717, 1.165) is 23.1 Å². The molecule has 1 aromatic heterocycles. The third kappa shape index (κ3) is 5.29. The molecule has 0 atom stereocenters. The van der Waals surface area contributed by atoms with Crippen molar-refractivity contribution in [2.45, 2.75) is 6.54 Å². The van der Waals surface area contributed by atoms with E-state index in [2.05, 4.69) is 20.5 Å². The Kier molecular flexibility index (Phi) is 7.20. The van der Waals surface area contributed by atoms with Crippen molar-refractivity contribution in [1.29, 1.82) is 0 Å². The molecule has 12 heteroatoms. The van der Waals surface area contributed by atoms with Crippen LogP contribution in [0.25, 0.3) is 4.91 Å². The van der Waals surface area contributed by atoms with E-state index in [1.807, 2.05) is 24.3 Å². The Morgan fingerprint density at radius 2 is 1.71 bits per heavy atom. The summed E-state index contributed by atoms with van der Waals surface area (Å²) in [7, 11) is -3.71. The van der Waals surface area contributed by atoms with Crippen LogP contribution in [0, 0.1) is 0 Å². The summed E-state index contributed by atoms with van der Waals surface area (Å²) in [6, 6.07) is 19.4. The first-order chi connectivity index (χ1) is 18.3. The zero-order chi connectivity index (χ0) is 26.7. The number of hydrogen-bond acceptors (Lipinski definition) is 8. The predicted octanol–water partition coefficient (Wildman–Crippen LogP) is 4.50. The van der Waals surface area contributed by atoms with Crippen LogP contribution in [-0.4, -0.2) is 61.8 Å². The molecular weight excluding hydrogens is 510 g/mol. The molecule has 198 valence electrons. The molecule has 5 N–H and O–H groups in total. The molecule has 5 rings (SSSR count). The van der Waals surface area contributed by atoms with Crippen LogP contribution in [0.1, 0.15) is 11.1 Å². The maximum absolute atomic E-state index is 13.6. The highest BCUT2D eigenvalue weighted by atomic mass is 32.3. The lowest BCUT2D eigenvalue weighted by atomic mass is 10.1. The molecule has 2 aliphatic rings. The number of carboxylic acid groups (broad SMARTS) is 1. The molecule has 2 aliphatic heterocycles. The lowest BCUT2D eigenvalue weighted by Crippen LogP contribution is -2.36. The molecule has 38 heavy (non-hydrogen) atoms. The van der Waals surface area contributed by atoms with Gasteiger partial charge in [-0.1, -0.05) is 47.2 Å². The first-order valence-corrected chi connectivity index (χ1v) is 13.4. The number of carbonyl (C=O) groups excluding carboxylic acids is 1. The molecule has 0 unspecified atom stereocenters. The number of pyridine rings is 1. The van der Waals surface area contributed by atoms with Crippen molar-refractivity contribution in [3.8, 4) is 0 Å². The lowest BCUT2D eigenvalue weighted by Gasteiger charge is -2.38. The van der Waals surface area contributed by atoms with Crippen molar-refractivity contribution in [2.75, 3.05) is 41.8 Å². The molecule has 0 bridgehead atoms. The summed E-state index contributed by atoms with van der Waals surface area (Å²) in [5, 5.41) is 14.1. The first kappa shape index (κ1) is 25.5. The van der Waals surface area contributed by atoms with Crippen molar-refractivity contribution < 1.29 is 28.5 Å². The van der Waals surface area contributed by atoms with Crippen molar-refractivity contribution >= 4 is 44.9 Å². The smallest absolute Gasteiger partial charge is 0.410 e. The van der Waals surface area contributed by atoms with Gasteiger partial charge in [0.15, 0.2) is 0 Å². The molecule has 1 saturated heterocycles. The highest BCUT2D eigenvalue weighted by molar-refractivity contribution is 8.31. The third-order valence-electron chi connectivity index (χ3n) is 6.18. The van der Waals surface area contributed by atoms with Gasteiger partial charge in [-0.2, -0.15) is 0 Å². The van der Waals surface area contributed by atoms with E-state index in [9.17, 15) is 18.7 Å². The number of benzene rings is 2. The molecule has 1 fully saturated rings. The van der Waals surface area contributed by atoms with Gasteiger partial charge in [-0.05, 0) is 35.9 Å². The Labute approximate surface area is 220 Å². The van der Waals surface area contributed by atoms with Gasteiger partial charge in [0.1, 0.15) is 16.4 Å². The van der Waals surface area contributed by atoms with E-state index >= 15 is 0 Å². The van der Waals surface area contributed by atoms with Crippen LogP contribution in [0.3, 0.4) is 0 Å². The van der Waals surface area contributed by atoms with Crippen molar-refractivity contribution in [1.82, 2.24) is 9.29 Å². The Balaban J connectivity index is 1.43. The summed E-state index contributed by atoms with van der Waals surface area (Å²) >= 11 is 0. The number of anilines is 3. The van der Waals surface area contributed by atoms with Crippen LogP contribution in [0.4, 0.5) is 22.0 Å². The third-order valence-corrected chi connectivity index (χ3v) is 8.08. The Morgan fingerprint density at radius 1 is 1.00 bits per heavy atom. The van der Waals surface area contributed by atoms with E-state index < -0.39 is 22.8 Å². The summed E-state index contributed by atoms with van der Waals surface area (Å²) in [4.78, 5) is 30.8. The highest BCUT2D eigenvalue weighted by Crippen LogP contribution is 2.62. The monoisotopic (exact) mass is 537 g/mol. The molecule has 0 spiro atoms. The van der Waals surface area contributed by atoms with E-state index in [-0.39, 0.29) is 23.0 Å². The van der Waals surface area contributed by atoms with Gasteiger partial charge in [0, 0.05) is 36.2 Å². The average Bonchev–Trinajstić information content (AvgIpc) is 3.10. The van der Waals surface area contributed by atoms with Crippen LogP contribution in [0.2, 0.25) is 0 Å². The summed E-state index contributed by atoms with van der Waals surface area (Å²) in [5.41, 5.74) is 2.75. The Bertz CT molecular complexity index is 1340. The van der Waals surface area contributed by atoms with Crippen LogP contribution < -0.4 is 15.5 Å². The van der Waals surface area contributed by atoms with Crippen LogP contribution in [0.5, 0.6) is 0 Å².